The fraction of sp³-hybridized carbons (Fsp3) is 0.480. The highest BCUT2D eigenvalue weighted by atomic mass is 16.6. The molecule has 0 radical (unpaired) electrons. The van der Waals surface area contributed by atoms with Gasteiger partial charge in [0, 0.05) is 6.54 Å². The minimum Gasteiger partial charge on any atom is -0.497 e. The summed E-state index contributed by atoms with van der Waals surface area (Å²) in [6.45, 7) is 3.77. The minimum absolute atomic E-state index is 0.163. The minimum atomic E-state index is -0.868. The first kappa shape index (κ1) is 23.2. The van der Waals surface area contributed by atoms with E-state index in [-0.39, 0.29) is 18.9 Å². The predicted octanol–water partition coefficient (Wildman–Crippen LogP) is 2.55. The fourth-order valence-corrected chi connectivity index (χ4v) is 4.16. The second-order valence-corrected chi connectivity index (χ2v) is 8.30. The van der Waals surface area contributed by atoms with E-state index < -0.39 is 12.1 Å². The van der Waals surface area contributed by atoms with Crippen molar-refractivity contribution in [2.24, 2.45) is 0 Å². The Morgan fingerprint density at radius 3 is 2.48 bits per heavy atom. The third-order valence-corrected chi connectivity index (χ3v) is 5.95. The van der Waals surface area contributed by atoms with Crippen molar-refractivity contribution >= 4 is 5.91 Å². The molecule has 2 aliphatic heterocycles. The standard InChI is InChI=1S/C25H32N2O6/c1-30-19-5-7-20(8-6-19)31-13-10-24(28)26-21(17-27-11-2-3-12-27)25(29)18-4-9-22-23(16-18)33-15-14-32-22/h4-9,16,21,25,29H,2-3,10-15,17H2,1H3,(H,26,28). The second-order valence-electron chi connectivity index (χ2n) is 8.30. The number of amides is 1. The molecular weight excluding hydrogens is 424 g/mol. The predicted molar refractivity (Wildman–Crippen MR) is 123 cm³/mol. The molecule has 0 saturated carbocycles. The van der Waals surface area contributed by atoms with Gasteiger partial charge in [-0.25, -0.2) is 0 Å². The lowest BCUT2D eigenvalue weighted by Crippen LogP contribution is -2.47. The molecule has 1 saturated heterocycles. The van der Waals surface area contributed by atoms with Gasteiger partial charge in [-0.3, -0.25) is 4.79 Å². The number of fused-ring (bicyclic) bond motifs is 1. The molecule has 4 rings (SSSR count). The first-order chi connectivity index (χ1) is 16.1. The summed E-state index contributed by atoms with van der Waals surface area (Å²) in [5.41, 5.74) is 0.693. The Labute approximate surface area is 194 Å². The molecule has 1 amide bonds. The van der Waals surface area contributed by atoms with Crippen LogP contribution in [0.4, 0.5) is 0 Å². The molecule has 0 spiro atoms. The summed E-state index contributed by atoms with van der Waals surface area (Å²) >= 11 is 0. The Morgan fingerprint density at radius 1 is 1.06 bits per heavy atom. The molecule has 0 aromatic heterocycles. The number of aliphatic hydroxyl groups is 1. The fourth-order valence-electron chi connectivity index (χ4n) is 4.16. The van der Waals surface area contributed by atoms with Gasteiger partial charge in [0.15, 0.2) is 11.5 Å². The van der Waals surface area contributed by atoms with Crippen molar-refractivity contribution in [3.8, 4) is 23.0 Å². The summed E-state index contributed by atoms with van der Waals surface area (Å²) in [6, 6.07) is 12.2. The number of hydrogen-bond donors (Lipinski definition) is 2. The smallest absolute Gasteiger partial charge is 0.223 e. The molecule has 8 heteroatoms. The van der Waals surface area contributed by atoms with Gasteiger partial charge in [0.1, 0.15) is 30.8 Å². The van der Waals surface area contributed by atoms with Gasteiger partial charge in [0.25, 0.3) is 0 Å². The molecule has 178 valence electrons. The zero-order valence-electron chi connectivity index (χ0n) is 19.0. The van der Waals surface area contributed by atoms with Gasteiger partial charge in [-0.05, 0) is 67.9 Å². The lowest BCUT2D eigenvalue weighted by atomic mass is 10.0. The first-order valence-corrected chi connectivity index (χ1v) is 11.5. The van der Waals surface area contributed by atoms with Gasteiger partial charge in [0.2, 0.25) is 5.91 Å². The normalized spacial score (nSPS) is 17.3. The molecule has 2 unspecified atom stereocenters. The van der Waals surface area contributed by atoms with Gasteiger partial charge in [-0.1, -0.05) is 6.07 Å². The van der Waals surface area contributed by atoms with Crippen molar-refractivity contribution in [1.29, 1.82) is 0 Å². The number of carbonyl (C=O) groups excluding carboxylic acids is 1. The van der Waals surface area contributed by atoms with Crippen LogP contribution in [0.15, 0.2) is 42.5 Å². The summed E-state index contributed by atoms with van der Waals surface area (Å²) in [6.07, 6.45) is 1.59. The van der Waals surface area contributed by atoms with Crippen LogP contribution in [-0.2, 0) is 4.79 Å². The maximum Gasteiger partial charge on any atom is 0.223 e. The maximum absolute atomic E-state index is 12.7. The molecule has 8 nitrogen and oxygen atoms in total. The third kappa shape index (κ3) is 6.30. The Kier molecular flexibility index (Phi) is 7.91. The number of methoxy groups -OCH3 is 1. The Bertz CT molecular complexity index is 914. The number of ether oxygens (including phenoxy) is 4. The van der Waals surface area contributed by atoms with Crippen LogP contribution in [0.5, 0.6) is 23.0 Å². The van der Waals surface area contributed by atoms with E-state index in [0.29, 0.717) is 42.6 Å². The Hall–Kier alpha value is -2.97. The van der Waals surface area contributed by atoms with Crippen molar-refractivity contribution < 1.29 is 28.8 Å². The highest BCUT2D eigenvalue weighted by Gasteiger charge is 2.27. The average Bonchev–Trinajstić information content (AvgIpc) is 3.36. The van der Waals surface area contributed by atoms with Gasteiger partial charge in [-0.15, -0.1) is 0 Å². The van der Waals surface area contributed by atoms with E-state index in [4.69, 9.17) is 18.9 Å². The molecular formula is C25H32N2O6. The van der Waals surface area contributed by atoms with Gasteiger partial charge in [-0.2, -0.15) is 0 Å². The van der Waals surface area contributed by atoms with Crippen LogP contribution in [0.2, 0.25) is 0 Å². The average molecular weight is 457 g/mol. The number of aliphatic hydroxyl groups excluding tert-OH is 1. The zero-order chi connectivity index (χ0) is 23.0. The van der Waals surface area contributed by atoms with E-state index in [2.05, 4.69) is 10.2 Å². The zero-order valence-corrected chi connectivity index (χ0v) is 19.0. The highest BCUT2D eigenvalue weighted by molar-refractivity contribution is 5.76. The first-order valence-electron chi connectivity index (χ1n) is 11.5. The molecule has 0 bridgehead atoms. The summed E-state index contributed by atoms with van der Waals surface area (Å²) < 4.78 is 22.1. The summed E-state index contributed by atoms with van der Waals surface area (Å²) in [5, 5.41) is 14.2. The second kappa shape index (κ2) is 11.2. The Balaban J connectivity index is 1.36. The van der Waals surface area contributed by atoms with E-state index in [0.717, 1.165) is 31.7 Å². The van der Waals surface area contributed by atoms with Crippen LogP contribution >= 0.6 is 0 Å². The van der Waals surface area contributed by atoms with E-state index in [9.17, 15) is 9.90 Å². The number of benzene rings is 2. The molecule has 2 atom stereocenters. The molecule has 2 aromatic rings. The lowest BCUT2D eigenvalue weighted by Gasteiger charge is -2.29. The van der Waals surface area contributed by atoms with Crippen molar-refractivity contribution in [3.05, 3.63) is 48.0 Å². The molecule has 2 heterocycles. The van der Waals surface area contributed by atoms with Crippen LogP contribution in [0.1, 0.15) is 30.9 Å². The number of nitrogens with zero attached hydrogens (tertiary/aromatic N) is 1. The van der Waals surface area contributed by atoms with Crippen molar-refractivity contribution in [1.82, 2.24) is 10.2 Å². The number of nitrogens with one attached hydrogen (secondary N) is 1. The molecule has 2 N–H and O–H groups in total. The largest absolute Gasteiger partial charge is 0.497 e. The van der Waals surface area contributed by atoms with Crippen molar-refractivity contribution in [2.75, 3.05) is 46.6 Å². The topological polar surface area (TPSA) is 89.5 Å². The SMILES string of the molecule is COc1ccc(OCCC(=O)NC(CN2CCCC2)C(O)c2ccc3c(c2)OCCO3)cc1. The number of carbonyl (C=O) groups is 1. The van der Waals surface area contributed by atoms with Crippen molar-refractivity contribution in [3.63, 3.8) is 0 Å². The molecule has 0 aliphatic carbocycles. The van der Waals surface area contributed by atoms with Gasteiger partial charge in [0.05, 0.1) is 26.2 Å². The van der Waals surface area contributed by atoms with Crippen LogP contribution in [0.25, 0.3) is 0 Å². The van der Waals surface area contributed by atoms with Crippen molar-refractivity contribution in [2.45, 2.75) is 31.4 Å². The van der Waals surface area contributed by atoms with Crippen LogP contribution in [-0.4, -0.2) is 68.5 Å². The summed E-state index contributed by atoms with van der Waals surface area (Å²) in [5.74, 6) is 2.56. The van der Waals surface area contributed by atoms with Crippen LogP contribution < -0.4 is 24.3 Å². The molecule has 2 aliphatic rings. The van der Waals surface area contributed by atoms with E-state index >= 15 is 0 Å². The molecule has 2 aromatic carbocycles. The monoisotopic (exact) mass is 456 g/mol. The third-order valence-electron chi connectivity index (χ3n) is 5.95. The van der Waals surface area contributed by atoms with Crippen LogP contribution in [0.3, 0.4) is 0 Å². The van der Waals surface area contributed by atoms with E-state index in [1.165, 1.54) is 0 Å². The Morgan fingerprint density at radius 2 is 1.76 bits per heavy atom. The number of hydrogen-bond acceptors (Lipinski definition) is 7. The highest BCUT2D eigenvalue weighted by Crippen LogP contribution is 2.33. The van der Waals surface area contributed by atoms with E-state index in [1.807, 2.05) is 24.3 Å². The summed E-state index contributed by atoms with van der Waals surface area (Å²) in [7, 11) is 1.61. The summed E-state index contributed by atoms with van der Waals surface area (Å²) in [4.78, 5) is 15.0. The molecule has 33 heavy (non-hydrogen) atoms. The quantitative estimate of drug-likeness (QED) is 0.568. The number of rotatable bonds is 10. The number of likely N-dealkylation sites (tertiary alicyclic amines) is 1. The van der Waals surface area contributed by atoms with Gasteiger partial charge < -0.3 is 34.3 Å². The van der Waals surface area contributed by atoms with Crippen LogP contribution in [0, 0.1) is 0 Å². The molecule has 1 fully saturated rings. The van der Waals surface area contributed by atoms with Gasteiger partial charge >= 0.3 is 0 Å². The maximum atomic E-state index is 12.7. The lowest BCUT2D eigenvalue weighted by molar-refractivity contribution is -0.123. The van der Waals surface area contributed by atoms with E-state index in [1.54, 1.807) is 25.3 Å².